The number of nitrogens with one attached hydrogen (secondary N) is 2. The second-order valence-electron chi connectivity index (χ2n) is 3.86. The second-order valence-corrected chi connectivity index (χ2v) is 4.86. The Kier molecular flexibility index (Phi) is 3.49. The van der Waals surface area contributed by atoms with Crippen LogP contribution in [-0.2, 0) is 0 Å². The first-order valence-corrected chi connectivity index (χ1v) is 6.27. The van der Waals surface area contributed by atoms with Gasteiger partial charge in [-0.05, 0) is 12.8 Å². The number of nitrogens with zero attached hydrogens (tertiary/aromatic N) is 1. The summed E-state index contributed by atoms with van der Waals surface area (Å²) in [5.41, 5.74) is 5.70. The van der Waals surface area contributed by atoms with E-state index in [4.69, 9.17) is 12.2 Å². The third-order valence-electron chi connectivity index (χ3n) is 2.32. The van der Waals surface area contributed by atoms with Gasteiger partial charge in [0.15, 0.2) is 5.13 Å². The predicted octanol–water partition coefficient (Wildman–Crippen LogP) is 1.05. The number of nitrogen functional groups attached to an aromatic ring is 1. The molecule has 4 N–H and O–H groups in total. The third-order valence-corrected chi connectivity index (χ3v) is 3.32. The van der Waals surface area contributed by atoms with Crippen LogP contribution in [-0.4, -0.2) is 23.5 Å². The number of hydrogen-bond donors (Lipinski definition) is 3. The number of rotatable bonds is 5. The predicted molar refractivity (Wildman–Crippen MR) is 69.0 cm³/mol. The molecule has 1 aromatic rings. The van der Waals surface area contributed by atoms with E-state index in [0.717, 1.165) is 12.8 Å². The molecule has 6 heteroatoms. The van der Waals surface area contributed by atoms with Crippen LogP contribution < -0.4 is 16.4 Å². The fourth-order valence-corrected chi connectivity index (χ4v) is 2.17. The van der Waals surface area contributed by atoms with Gasteiger partial charge in [-0.1, -0.05) is 11.3 Å². The molecule has 0 atom stereocenters. The van der Waals surface area contributed by atoms with E-state index in [0.29, 0.717) is 29.0 Å². The van der Waals surface area contributed by atoms with Crippen LogP contribution in [0.4, 0.5) is 10.9 Å². The molecule has 1 saturated carbocycles. The molecule has 0 bridgehead atoms. The van der Waals surface area contributed by atoms with Crippen molar-refractivity contribution in [2.24, 2.45) is 0 Å². The Hall–Kier alpha value is -1.74. The Bertz CT molecular complexity index is 459. The first-order valence-electron chi connectivity index (χ1n) is 5.45. The lowest BCUT2D eigenvalue weighted by atomic mass is 10.4. The highest BCUT2D eigenvalue weighted by Crippen LogP contribution is 2.30. The Morgan fingerprint density at radius 2 is 2.41 bits per heavy atom. The first kappa shape index (κ1) is 11.7. The van der Waals surface area contributed by atoms with E-state index >= 15 is 0 Å². The summed E-state index contributed by atoms with van der Waals surface area (Å²) in [6, 6.07) is 0.498. The van der Waals surface area contributed by atoms with Gasteiger partial charge in [-0.15, -0.1) is 12.3 Å². The maximum atomic E-state index is 11.7. The molecule has 1 heterocycles. The fourth-order valence-electron chi connectivity index (χ4n) is 1.29. The van der Waals surface area contributed by atoms with E-state index in [-0.39, 0.29) is 11.7 Å². The van der Waals surface area contributed by atoms with E-state index < -0.39 is 0 Å². The van der Waals surface area contributed by atoms with Crippen LogP contribution in [0.15, 0.2) is 0 Å². The van der Waals surface area contributed by atoms with Crippen LogP contribution in [0.3, 0.4) is 0 Å². The van der Waals surface area contributed by atoms with E-state index in [1.54, 1.807) is 0 Å². The van der Waals surface area contributed by atoms with Gasteiger partial charge in [-0.25, -0.2) is 4.98 Å². The lowest BCUT2D eigenvalue weighted by Crippen LogP contribution is -2.24. The first-order chi connectivity index (χ1) is 8.20. The number of carbonyl (C=O) groups excluding carboxylic acids is 1. The lowest BCUT2D eigenvalue weighted by molar-refractivity contribution is 0.0959. The molecule has 1 amide bonds. The van der Waals surface area contributed by atoms with Crippen molar-refractivity contribution in [3.63, 3.8) is 0 Å². The van der Waals surface area contributed by atoms with Crippen molar-refractivity contribution in [2.75, 3.05) is 17.6 Å². The highest BCUT2D eigenvalue weighted by atomic mass is 32.1. The maximum absolute atomic E-state index is 11.7. The fraction of sp³-hybridized carbons (Fsp3) is 0.455. The normalized spacial score (nSPS) is 14.1. The van der Waals surface area contributed by atoms with Gasteiger partial charge in [0.05, 0.1) is 0 Å². The summed E-state index contributed by atoms with van der Waals surface area (Å²) >= 11 is 1.28. The zero-order valence-corrected chi connectivity index (χ0v) is 10.1. The van der Waals surface area contributed by atoms with Crippen LogP contribution in [0.25, 0.3) is 0 Å². The molecule has 0 unspecified atom stereocenters. The standard InChI is InChI=1S/C11H14N4OS/c1-2-3-6-13-10(16)8-9(12)15-11(17-8)14-7-4-5-7/h1,7H,3-6,12H2,(H,13,16)(H,14,15). The molecule has 17 heavy (non-hydrogen) atoms. The molecule has 1 aliphatic carbocycles. The van der Waals surface area contributed by atoms with Gasteiger partial charge in [0.25, 0.3) is 5.91 Å². The Morgan fingerprint density at radius 3 is 3.06 bits per heavy atom. The molecule has 0 saturated heterocycles. The van der Waals surface area contributed by atoms with E-state index in [2.05, 4.69) is 21.5 Å². The van der Waals surface area contributed by atoms with Gasteiger partial charge in [-0.2, -0.15) is 0 Å². The minimum atomic E-state index is -0.209. The Labute approximate surface area is 104 Å². The number of anilines is 2. The van der Waals surface area contributed by atoms with Crippen LogP contribution in [0.5, 0.6) is 0 Å². The van der Waals surface area contributed by atoms with Crippen molar-refractivity contribution in [2.45, 2.75) is 25.3 Å². The Morgan fingerprint density at radius 1 is 1.65 bits per heavy atom. The van der Waals surface area contributed by atoms with Crippen molar-refractivity contribution in [1.29, 1.82) is 0 Å². The van der Waals surface area contributed by atoms with Crippen LogP contribution in [0.2, 0.25) is 0 Å². The molecule has 1 aliphatic rings. The number of hydrogen-bond acceptors (Lipinski definition) is 5. The molecular formula is C11H14N4OS. The quantitative estimate of drug-likeness (QED) is 0.539. The van der Waals surface area contributed by atoms with E-state index in [9.17, 15) is 4.79 Å². The summed E-state index contributed by atoms with van der Waals surface area (Å²) in [7, 11) is 0. The number of terminal acetylenes is 1. The number of thiazole rings is 1. The summed E-state index contributed by atoms with van der Waals surface area (Å²) in [6.45, 7) is 0.456. The molecule has 0 aliphatic heterocycles. The minimum absolute atomic E-state index is 0.209. The van der Waals surface area contributed by atoms with Crippen LogP contribution in [0, 0.1) is 12.3 Å². The van der Waals surface area contributed by atoms with Gasteiger partial charge in [0.1, 0.15) is 10.7 Å². The second kappa shape index (κ2) is 5.06. The molecule has 0 radical (unpaired) electrons. The number of aromatic nitrogens is 1. The zero-order chi connectivity index (χ0) is 12.3. The van der Waals surface area contributed by atoms with E-state index in [1.165, 1.54) is 11.3 Å². The number of amides is 1. The molecule has 0 spiro atoms. The van der Waals surface area contributed by atoms with Crippen molar-refractivity contribution in [3.05, 3.63) is 4.88 Å². The summed E-state index contributed by atoms with van der Waals surface area (Å²) in [4.78, 5) is 16.3. The summed E-state index contributed by atoms with van der Waals surface area (Å²) in [5, 5.41) is 6.63. The van der Waals surface area contributed by atoms with Gasteiger partial charge >= 0.3 is 0 Å². The largest absolute Gasteiger partial charge is 0.382 e. The molecule has 1 aromatic heterocycles. The SMILES string of the molecule is C#CCCNC(=O)c1sc(NC2CC2)nc1N. The topological polar surface area (TPSA) is 80.0 Å². The van der Waals surface area contributed by atoms with Crippen LogP contribution >= 0.6 is 11.3 Å². The molecule has 2 rings (SSSR count). The van der Waals surface area contributed by atoms with Crippen molar-refractivity contribution in [1.82, 2.24) is 10.3 Å². The Balaban J connectivity index is 1.96. The van der Waals surface area contributed by atoms with Gasteiger partial charge in [0.2, 0.25) is 0 Å². The van der Waals surface area contributed by atoms with Crippen molar-refractivity contribution >= 4 is 28.2 Å². The van der Waals surface area contributed by atoms with Crippen molar-refractivity contribution < 1.29 is 4.79 Å². The number of carbonyl (C=O) groups is 1. The molecule has 1 fully saturated rings. The smallest absolute Gasteiger partial charge is 0.265 e. The van der Waals surface area contributed by atoms with E-state index in [1.807, 2.05) is 0 Å². The molecular weight excluding hydrogens is 236 g/mol. The summed E-state index contributed by atoms with van der Waals surface area (Å²) in [6.07, 6.45) is 7.93. The number of nitrogens with two attached hydrogens (primary N) is 1. The third kappa shape index (κ3) is 3.11. The monoisotopic (exact) mass is 250 g/mol. The van der Waals surface area contributed by atoms with Gasteiger partial charge in [0, 0.05) is 19.0 Å². The average Bonchev–Trinajstić information content (AvgIpc) is 3.02. The zero-order valence-electron chi connectivity index (χ0n) is 9.32. The highest BCUT2D eigenvalue weighted by molar-refractivity contribution is 7.18. The average molecular weight is 250 g/mol. The van der Waals surface area contributed by atoms with Crippen LogP contribution in [0.1, 0.15) is 28.9 Å². The molecule has 5 nitrogen and oxygen atoms in total. The highest BCUT2D eigenvalue weighted by Gasteiger charge is 2.24. The lowest BCUT2D eigenvalue weighted by Gasteiger charge is -1.99. The van der Waals surface area contributed by atoms with Gasteiger partial charge < -0.3 is 16.4 Å². The molecule has 90 valence electrons. The molecule has 0 aromatic carbocycles. The van der Waals surface area contributed by atoms with Crippen molar-refractivity contribution in [3.8, 4) is 12.3 Å². The van der Waals surface area contributed by atoms with Gasteiger partial charge in [-0.3, -0.25) is 4.79 Å². The minimum Gasteiger partial charge on any atom is -0.382 e. The maximum Gasteiger partial charge on any atom is 0.265 e. The summed E-state index contributed by atoms with van der Waals surface area (Å²) in [5.74, 6) is 2.52. The summed E-state index contributed by atoms with van der Waals surface area (Å²) < 4.78 is 0.